The van der Waals surface area contributed by atoms with Crippen LogP contribution in [0, 0.1) is 0 Å². The molecule has 5 nitrogen and oxygen atoms in total. The number of carbonyl (C=O) groups excluding carboxylic acids is 1. The van der Waals surface area contributed by atoms with Crippen LogP contribution in [0.3, 0.4) is 0 Å². The fraction of sp³-hybridized carbons (Fsp3) is 0.238. The van der Waals surface area contributed by atoms with Crippen molar-refractivity contribution in [2.45, 2.75) is 30.9 Å². The number of hydrogen-bond donors (Lipinski definition) is 2. The molecule has 2 N–H and O–H groups in total. The van der Waals surface area contributed by atoms with E-state index in [0.717, 1.165) is 22.7 Å². The minimum Gasteiger partial charge on any atom is -0.362 e. The Bertz CT molecular complexity index is 1220. The average Bonchev–Trinajstić information content (AvgIpc) is 3.09. The van der Waals surface area contributed by atoms with Crippen LogP contribution in [0.2, 0.25) is 0 Å². The summed E-state index contributed by atoms with van der Waals surface area (Å²) in [5, 5.41) is 9.10. The second kappa shape index (κ2) is 8.91. The summed E-state index contributed by atoms with van der Waals surface area (Å²) in [7, 11) is 0. The molecule has 1 aliphatic rings. The van der Waals surface area contributed by atoms with E-state index >= 15 is 0 Å². The van der Waals surface area contributed by atoms with E-state index in [1.54, 1.807) is 24.3 Å². The van der Waals surface area contributed by atoms with Gasteiger partial charge in [0.1, 0.15) is 5.82 Å². The molecule has 0 radical (unpaired) electrons. The number of benzene rings is 2. The van der Waals surface area contributed by atoms with Gasteiger partial charge < -0.3 is 10.6 Å². The fourth-order valence-corrected chi connectivity index (χ4v) is 4.43. The van der Waals surface area contributed by atoms with Gasteiger partial charge >= 0.3 is 12.4 Å². The summed E-state index contributed by atoms with van der Waals surface area (Å²) in [6.45, 7) is 0. The van der Waals surface area contributed by atoms with Crippen LogP contribution in [0.5, 0.6) is 0 Å². The number of carbonyl (C=O) groups is 1. The molecule has 0 aliphatic carbocycles. The molecule has 1 aromatic heterocycles. The van der Waals surface area contributed by atoms with Gasteiger partial charge in [-0.25, -0.2) is 4.68 Å². The Labute approximate surface area is 205 Å². The van der Waals surface area contributed by atoms with Crippen LogP contribution < -0.4 is 10.6 Å². The van der Waals surface area contributed by atoms with Crippen molar-refractivity contribution in [3.63, 3.8) is 0 Å². The van der Waals surface area contributed by atoms with Gasteiger partial charge in [-0.2, -0.15) is 31.4 Å². The van der Waals surface area contributed by atoms with E-state index in [9.17, 15) is 31.1 Å². The van der Waals surface area contributed by atoms with E-state index in [1.807, 2.05) is 0 Å². The molecule has 1 aliphatic heterocycles. The largest absolute Gasteiger partial charge is 0.416 e. The molecule has 0 saturated heterocycles. The summed E-state index contributed by atoms with van der Waals surface area (Å²) in [4.78, 5) is 12.7. The first kappa shape index (κ1) is 24.6. The smallest absolute Gasteiger partial charge is 0.362 e. The Kier molecular flexibility index (Phi) is 6.44. The van der Waals surface area contributed by atoms with E-state index in [0.29, 0.717) is 10.2 Å². The first-order valence-electron chi connectivity index (χ1n) is 9.70. The van der Waals surface area contributed by atoms with Crippen LogP contribution in [0.25, 0.3) is 0 Å². The van der Waals surface area contributed by atoms with Gasteiger partial charge in [0.2, 0.25) is 0 Å². The quantitative estimate of drug-likeness (QED) is 0.305. The standard InChI is InChI=1S/C21H14Br2F6N4O/c22-12-6-4-10(5-7-12)14-9-15(21(27,28)29)33-18(31-14)16(23)17(32-33)19(34)30-13-3-1-2-11(8-13)20(24,25)26/h1-8,14-15,31H,9H2,(H,30,34)/t14-,15+/m0/s1. The molecule has 0 fully saturated rings. The van der Waals surface area contributed by atoms with Crippen LogP contribution in [0.1, 0.15) is 40.1 Å². The van der Waals surface area contributed by atoms with E-state index in [2.05, 4.69) is 47.6 Å². The Morgan fingerprint density at radius 3 is 2.35 bits per heavy atom. The normalized spacial score (nSPS) is 18.2. The van der Waals surface area contributed by atoms with Crippen molar-refractivity contribution < 1.29 is 31.1 Å². The maximum absolute atomic E-state index is 13.9. The van der Waals surface area contributed by atoms with Crippen molar-refractivity contribution in [2.24, 2.45) is 0 Å². The lowest BCUT2D eigenvalue weighted by Crippen LogP contribution is -2.35. The number of rotatable bonds is 3. The number of anilines is 2. The zero-order valence-electron chi connectivity index (χ0n) is 16.8. The second-order valence-corrected chi connectivity index (χ2v) is 9.24. The highest BCUT2D eigenvalue weighted by Gasteiger charge is 2.47. The highest BCUT2D eigenvalue weighted by molar-refractivity contribution is 9.11. The molecule has 180 valence electrons. The third-order valence-corrected chi connectivity index (χ3v) is 6.51. The topological polar surface area (TPSA) is 59.0 Å². The van der Waals surface area contributed by atoms with Crippen LogP contribution in [-0.4, -0.2) is 21.9 Å². The zero-order chi connectivity index (χ0) is 24.8. The summed E-state index contributed by atoms with van der Waals surface area (Å²) in [5.41, 5.74) is -0.951. The van der Waals surface area contributed by atoms with Gasteiger partial charge in [-0.1, -0.05) is 34.1 Å². The lowest BCUT2D eigenvalue weighted by molar-refractivity contribution is -0.173. The van der Waals surface area contributed by atoms with Gasteiger partial charge in [0.05, 0.1) is 16.1 Å². The van der Waals surface area contributed by atoms with E-state index in [1.165, 1.54) is 6.07 Å². The van der Waals surface area contributed by atoms with Crippen LogP contribution in [0.15, 0.2) is 57.5 Å². The number of aromatic nitrogens is 2. The summed E-state index contributed by atoms with van der Waals surface area (Å²) in [6.07, 6.45) is -9.66. The maximum Gasteiger partial charge on any atom is 0.416 e. The van der Waals surface area contributed by atoms with Crippen molar-refractivity contribution in [3.05, 3.63) is 74.3 Å². The van der Waals surface area contributed by atoms with Crippen LogP contribution in [-0.2, 0) is 6.18 Å². The minimum absolute atomic E-state index is 0.0342. The molecule has 0 bridgehead atoms. The Morgan fingerprint density at radius 1 is 1.06 bits per heavy atom. The first-order chi connectivity index (χ1) is 15.8. The third-order valence-electron chi connectivity index (χ3n) is 5.23. The van der Waals surface area contributed by atoms with Gasteiger partial charge in [0.15, 0.2) is 11.7 Å². The van der Waals surface area contributed by atoms with Gasteiger partial charge in [0, 0.05) is 16.6 Å². The number of nitrogens with one attached hydrogen (secondary N) is 2. The minimum atomic E-state index is -4.66. The molecule has 0 spiro atoms. The number of alkyl halides is 6. The number of hydrogen-bond acceptors (Lipinski definition) is 3. The van der Waals surface area contributed by atoms with Gasteiger partial charge in [-0.3, -0.25) is 4.79 Å². The predicted octanol–water partition coefficient (Wildman–Crippen LogP) is 7.34. The van der Waals surface area contributed by atoms with Crippen molar-refractivity contribution in [1.29, 1.82) is 0 Å². The summed E-state index contributed by atoms with van der Waals surface area (Å²) in [6, 6.07) is 7.91. The number of halogens is 8. The summed E-state index contributed by atoms with van der Waals surface area (Å²) >= 11 is 6.42. The Morgan fingerprint density at radius 2 is 1.74 bits per heavy atom. The molecular formula is C21H14Br2F6N4O. The Balaban J connectivity index is 1.67. The molecule has 4 rings (SSSR count). The molecule has 1 amide bonds. The van der Waals surface area contributed by atoms with Crippen molar-refractivity contribution in [2.75, 3.05) is 10.6 Å². The van der Waals surface area contributed by atoms with E-state index in [-0.39, 0.29) is 22.4 Å². The average molecular weight is 612 g/mol. The Hall–Kier alpha value is -2.54. The third kappa shape index (κ3) is 4.95. The monoisotopic (exact) mass is 610 g/mol. The fourth-order valence-electron chi connectivity index (χ4n) is 3.61. The van der Waals surface area contributed by atoms with Crippen LogP contribution in [0.4, 0.5) is 37.8 Å². The van der Waals surface area contributed by atoms with Crippen LogP contribution >= 0.6 is 31.9 Å². The highest BCUT2D eigenvalue weighted by atomic mass is 79.9. The predicted molar refractivity (Wildman–Crippen MR) is 120 cm³/mol. The molecule has 34 heavy (non-hydrogen) atoms. The molecule has 2 heterocycles. The molecule has 0 unspecified atom stereocenters. The molecule has 2 atom stereocenters. The number of fused-ring (bicyclic) bond motifs is 1. The SMILES string of the molecule is O=C(Nc1cccc(C(F)(F)F)c1)c1nn2c(c1Br)N[C@H](c1ccc(Br)cc1)C[C@@H]2C(F)(F)F. The highest BCUT2D eigenvalue weighted by Crippen LogP contribution is 2.46. The summed E-state index contributed by atoms with van der Waals surface area (Å²) in [5.74, 6) is -1.02. The van der Waals surface area contributed by atoms with Crippen molar-refractivity contribution >= 4 is 49.3 Å². The van der Waals surface area contributed by atoms with Gasteiger partial charge in [-0.05, 0) is 51.8 Å². The lowest BCUT2D eigenvalue weighted by Gasteiger charge is -2.33. The maximum atomic E-state index is 13.9. The number of amides is 1. The molecule has 3 aromatic rings. The van der Waals surface area contributed by atoms with Crippen molar-refractivity contribution in [3.8, 4) is 0 Å². The van der Waals surface area contributed by atoms with Gasteiger partial charge in [0.25, 0.3) is 5.91 Å². The number of nitrogens with zero attached hydrogens (tertiary/aromatic N) is 2. The van der Waals surface area contributed by atoms with Gasteiger partial charge in [-0.15, -0.1) is 0 Å². The molecule has 0 saturated carbocycles. The van der Waals surface area contributed by atoms with E-state index in [4.69, 9.17) is 0 Å². The second-order valence-electron chi connectivity index (χ2n) is 7.53. The van der Waals surface area contributed by atoms with E-state index < -0.39 is 41.6 Å². The summed E-state index contributed by atoms with van der Waals surface area (Å²) < 4.78 is 82.0. The lowest BCUT2D eigenvalue weighted by atomic mass is 9.97. The molecular weight excluding hydrogens is 598 g/mol. The first-order valence-corrected chi connectivity index (χ1v) is 11.3. The molecule has 13 heteroatoms. The zero-order valence-corrected chi connectivity index (χ0v) is 20.0. The van der Waals surface area contributed by atoms with Crippen molar-refractivity contribution in [1.82, 2.24) is 9.78 Å². The molecule has 2 aromatic carbocycles.